The quantitative estimate of drug-likeness (QED) is 0.824. The summed E-state index contributed by atoms with van der Waals surface area (Å²) in [7, 11) is 0. The molecule has 2 aliphatic rings. The van der Waals surface area contributed by atoms with Crippen LogP contribution in [-0.2, 0) is 6.54 Å². The molecule has 3 rings (SSSR count). The Morgan fingerprint density at radius 2 is 2.00 bits per heavy atom. The highest BCUT2D eigenvalue weighted by atomic mass is 32.2. The number of hydrogen-bond donors (Lipinski definition) is 1. The molecule has 0 amide bonds. The molecule has 2 heterocycles. The van der Waals surface area contributed by atoms with E-state index in [1.807, 2.05) is 18.4 Å². The highest BCUT2D eigenvalue weighted by Gasteiger charge is 2.27. The number of fused-ring (bicyclic) bond motifs is 1. The molecule has 1 unspecified atom stereocenters. The second-order valence-corrected chi connectivity index (χ2v) is 7.82. The van der Waals surface area contributed by atoms with Crippen LogP contribution in [0.2, 0.25) is 0 Å². The lowest BCUT2D eigenvalue weighted by Crippen LogP contribution is -2.54. The molecule has 1 fully saturated rings. The average Bonchev–Trinajstić information content (AvgIpc) is 2.57. The summed E-state index contributed by atoms with van der Waals surface area (Å²) in [5, 5.41) is 3.66. The third kappa shape index (κ3) is 4.10. The molecule has 5 heteroatoms. The van der Waals surface area contributed by atoms with Crippen molar-refractivity contribution in [2.45, 2.75) is 38.4 Å². The van der Waals surface area contributed by atoms with Gasteiger partial charge in [0, 0.05) is 48.9 Å². The first-order valence-corrected chi connectivity index (χ1v) is 10.1. The fourth-order valence-electron chi connectivity index (χ4n) is 3.66. The summed E-state index contributed by atoms with van der Waals surface area (Å²) in [6.45, 7) is 11.0. The lowest BCUT2D eigenvalue weighted by Gasteiger charge is -2.42. The van der Waals surface area contributed by atoms with Crippen LogP contribution in [0.3, 0.4) is 0 Å². The largest absolute Gasteiger partial charge is 0.354 e. The minimum Gasteiger partial charge on any atom is -0.354 e. The first kappa shape index (κ1) is 18.5. The standard InChI is InChI=1S/C20H28FN3S/c1-14-11-15(2)20-22-7-8-23(9-10-24(20)16(14)3)13-17-5-6-18(25-4)12-19(17)21/h5-6,11-12,20,22H,7-10,13H2,1-4H3. The van der Waals surface area contributed by atoms with Gasteiger partial charge in [0.15, 0.2) is 0 Å². The molecule has 1 atom stereocenters. The summed E-state index contributed by atoms with van der Waals surface area (Å²) in [5.74, 6) is -0.0941. The van der Waals surface area contributed by atoms with Crippen LogP contribution >= 0.6 is 11.8 Å². The SMILES string of the molecule is CSc1ccc(CN2CCNC3C(C)=CC(C)=C(C)N3CC2)c(F)c1. The molecule has 2 aliphatic heterocycles. The zero-order chi connectivity index (χ0) is 18.0. The molecule has 1 aromatic carbocycles. The van der Waals surface area contributed by atoms with Crippen molar-refractivity contribution in [2.24, 2.45) is 0 Å². The second kappa shape index (κ2) is 7.94. The number of nitrogens with one attached hydrogen (secondary N) is 1. The maximum atomic E-state index is 14.3. The molecule has 0 bridgehead atoms. The fourth-order valence-corrected chi connectivity index (χ4v) is 4.09. The van der Waals surface area contributed by atoms with Crippen molar-refractivity contribution >= 4 is 11.8 Å². The first-order chi connectivity index (χ1) is 12.0. The number of halogens is 1. The number of allylic oxidation sites excluding steroid dienone is 3. The number of thioether (sulfide) groups is 1. The van der Waals surface area contributed by atoms with Gasteiger partial charge in [-0.25, -0.2) is 4.39 Å². The number of hydrogen-bond acceptors (Lipinski definition) is 4. The van der Waals surface area contributed by atoms with E-state index in [-0.39, 0.29) is 5.82 Å². The van der Waals surface area contributed by atoms with E-state index >= 15 is 0 Å². The summed E-state index contributed by atoms with van der Waals surface area (Å²) in [6.07, 6.45) is 4.55. The van der Waals surface area contributed by atoms with Crippen molar-refractivity contribution in [1.29, 1.82) is 0 Å². The average molecular weight is 362 g/mol. The number of benzene rings is 1. The van der Waals surface area contributed by atoms with Crippen LogP contribution in [0.25, 0.3) is 0 Å². The van der Waals surface area contributed by atoms with Crippen molar-refractivity contribution in [3.63, 3.8) is 0 Å². The van der Waals surface area contributed by atoms with Crippen LogP contribution in [-0.4, -0.2) is 48.4 Å². The lowest BCUT2D eigenvalue weighted by atomic mass is 10.0. The Balaban J connectivity index is 1.70. The Morgan fingerprint density at radius 3 is 2.72 bits per heavy atom. The minimum absolute atomic E-state index is 0.0941. The van der Waals surface area contributed by atoms with E-state index in [1.165, 1.54) is 16.8 Å². The predicted octanol–water partition coefficient (Wildman–Crippen LogP) is 3.83. The molecule has 0 aromatic heterocycles. The van der Waals surface area contributed by atoms with Crippen LogP contribution in [0.15, 0.2) is 46.0 Å². The third-order valence-electron chi connectivity index (χ3n) is 5.27. The van der Waals surface area contributed by atoms with Crippen LogP contribution in [0.4, 0.5) is 4.39 Å². The van der Waals surface area contributed by atoms with Gasteiger partial charge in [-0.15, -0.1) is 11.8 Å². The molecule has 1 aromatic rings. The van der Waals surface area contributed by atoms with E-state index in [0.29, 0.717) is 12.7 Å². The monoisotopic (exact) mass is 361 g/mol. The van der Waals surface area contributed by atoms with Crippen molar-refractivity contribution in [3.05, 3.63) is 52.5 Å². The summed E-state index contributed by atoms with van der Waals surface area (Å²) in [4.78, 5) is 5.77. The predicted molar refractivity (Wildman–Crippen MR) is 104 cm³/mol. The van der Waals surface area contributed by atoms with Crippen LogP contribution in [0.5, 0.6) is 0 Å². The molecule has 1 N–H and O–H groups in total. The van der Waals surface area contributed by atoms with E-state index in [1.54, 1.807) is 17.8 Å². The smallest absolute Gasteiger partial charge is 0.128 e. The van der Waals surface area contributed by atoms with Crippen molar-refractivity contribution < 1.29 is 4.39 Å². The Bertz CT molecular complexity index is 698. The van der Waals surface area contributed by atoms with Gasteiger partial charge in [0.25, 0.3) is 0 Å². The molecule has 3 nitrogen and oxygen atoms in total. The van der Waals surface area contributed by atoms with E-state index in [9.17, 15) is 4.39 Å². The minimum atomic E-state index is -0.0941. The van der Waals surface area contributed by atoms with Gasteiger partial charge in [0.2, 0.25) is 0 Å². The molecule has 25 heavy (non-hydrogen) atoms. The highest BCUT2D eigenvalue weighted by molar-refractivity contribution is 7.98. The molecule has 0 spiro atoms. The van der Waals surface area contributed by atoms with Crippen molar-refractivity contribution in [3.8, 4) is 0 Å². The molecule has 0 aliphatic carbocycles. The molecule has 0 saturated carbocycles. The molecule has 1 saturated heterocycles. The Labute approximate surface area is 155 Å². The van der Waals surface area contributed by atoms with Crippen molar-refractivity contribution in [2.75, 3.05) is 32.4 Å². The second-order valence-electron chi connectivity index (χ2n) is 6.94. The Kier molecular flexibility index (Phi) is 5.87. The van der Waals surface area contributed by atoms with Gasteiger partial charge in [-0.05, 0) is 50.3 Å². The van der Waals surface area contributed by atoms with E-state index < -0.39 is 0 Å². The van der Waals surface area contributed by atoms with E-state index in [0.717, 1.165) is 36.6 Å². The van der Waals surface area contributed by atoms with Gasteiger partial charge < -0.3 is 4.90 Å². The number of rotatable bonds is 3. The topological polar surface area (TPSA) is 18.5 Å². The number of nitrogens with zero attached hydrogens (tertiary/aromatic N) is 2. The summed E-state index contributed by atoms with van der Waals surface area (Å²) < 4.78 is 14.3. The maximum Gasteiger partial charge on any atom is 0.128 e. The van der Waals surface area contributed by atoms with E-state index in [2.05, 4.69) is 42.0 Å². The zero-order valence-electron chi connectivity index (χ0n) is 15.6. The zero-order valence-corrected chi connectivity index (χ0v) is 16.4. The molecule has 0 radical (unpaired) electrons. The summed E-state index contributed by atoms with van der Waals surface area (Å²) in [5.41, 5.74) is 4.82. The normalized spacial score (nSPS) is 22.4. The van der Waals surface area contributed by atoms with Crippen molar-refractivity contribution in [1.82, 2.24) is 15.1 Å². The summed E-state index contributed by atoms with van der Waals surface area (Å²) >= 11 is 1.58. The van der Waals surface area contributed by atoms with Gasteiger partial charge >= 0.3 is 0 Å². The first-order valence-electron chi connectivity index (χ1n) is 8.90. The highest BCUT2D eigenvalue weighted by Crippen LogP contribution is 2.26. The lowest BCUT2D eigenvalue weighted by molar-refractivity contribution is 0.152. The van der Waals surface area contributed by atoms with Crippen LogP contribution < -0.4 is 5.32 Å². The Hall–Kier alpha value is -1.30. The van der Waals surface area contributed by atoms with Crippen LogP contribution in [0, 0.1) is 5.82 Å². The van der Waals surface area contributed by atoms with Crippen LogP contribution in [0.1, 0.15) is 26.3 Å². The maximum absolute atomic E-state index is 14.3. The molecular weight excluding hydrogens is 333 g/mol. The van der Waals surface area contributed by atoms with Gasteiger partial charge in [0.05, 0.1) is 0 Å². The van der Waals surface area contributed by atoms with Gasteiger partial charge in [-0.3, -0.25) is 10.2 Å². The fraction of sp³-hybridized carbons (Fsp3) is 0.500. The molecule has 136 valence electrons. The van der Waals surface area contributed by atoms with Gasteiger partial charge in [-0.2, -0.15) is 0 Å². The van der Waals surface area contributed by atoms with Gasteiger partial charge in [0.1, 0.15) is 12.0 Å². The summed E-state index contributed by atoms with van der Waals surface area (Å²) in [6, 6.07) is 5.59. The third-order valence-corrected chi connectivity index (χ3v) is 5.99. The van der Waals surface area contributed by atoms with E-state index in [4.69, 9.17) is 0 Å². The van der Waals surface area contributed by atoms with Gasteiger partial charge in [-0.1, -0.05) is 12.1 Å². The Morgan fingerprint density at radius 1 is 1.20 bits per heavy atom. The molecular formula is C20H28FN3S.